The lowest BCUT2D eigenvalue weighted by atomic mass is 9.84. The van der Waals surface area contributed by atoms with Gasteiger partial charge < -0.3 is 14.7 Å². The van der Waals surface area contributed by atoms with Crippen molar-refractivity contribution in [3.05, 3.63) is 17.5 Å². The molecule has 1 N–H and O–H groups in total. The summed E-state index contributed by atoms with van der Waals surface area (Å²) < 4.78 is 5.36. The van der Waals surface area contributed by atoms with E-state index in [1.54, 1.807) is 0 Å². The summed E-state index contributed by atoms with van der Waals surface area (Å²) in [5.74, 6) is 2.18. The second kappa shape index (κ2) is 8.03. The fourth-order valence-electron chi connectivity index (χ4n) is 6.05. The Balaban J connectivity index is 1.12. The number of hydrogen-bond donors (Lipinski definition) is 1. The standard InChI is InChI=1S/C23H36N4O2/c1-26(2)18-7-3-15(4-8-18)14-27-19-9-10-20(27)12-17(11-19)24-23(28)21-13-22(29-25-21)16-5-6-16/h13,15-20H,3-12,14H2,1-2H3,(H,24,28)/t15?,17?,18?,19-,20+. The zero-order chi connectivity index (χ0) is 20.0. The third-order valence-corrected chi connectivity index (χ3v) is 7.98. The van der Waals surface area contributed by atoms with Gasteiger partial charge in [0.25, 0.3) is 5.91 Å². The van der Waals surface area contributed by atoms with Crippen molar-refractivity contribution in [3.63, 3.8) is 0 Å². The van der Waals surface area contributed by atoms with Crippen molar-refractivity contribution in [2.75, 3.05) is 20.6 Å². The van der Waals surface area contributed by atoms with Crippen molar-refractivity contribution >= 4 is 5.91 Å². The van der Waals surface area contributed by atoms with E-state index < -0.39 is 0 Å². The Morgan fingerprint density at radius 2 is 1.79 bits per heavy atom. The molecule has 4 aliphatic rings. The predicted molar refractivity (Wildman–Crippen MR) is 112 cm³/mol. The Labute approximate surface area is 174 Å². The van der Waals surface area contributed by atoms with Crippen LogP contribution in [0.3, 0.4) is 0 Å². The van der Waals surface area contributed by atoms with Crippen LogP contribution in [0.1, 0.15) is 86.4 Å². The average molecular weight is 401 g/mol. The van der Waals surface area contributed by atoms with Gasteiger partial charge in [-0.05, 0) is 84.2 Å². The van der Waals surface area contributed by atoms with E-state index in [0.717, 1.165) is 43.4 Å². The number of nitrogens with zero attached hydrogens (tertiary/aromatic N) is 3. The van der Waals surface area contributed by atoms with E-state index in [1.807, 2.05) is 6.07 Å². The van der Waals surface area contributed by atoms with Gasteiger partial charge in [0, 0.05) is 42.7 Å². The van der Waals surface area contributed by atoms with Gasteiger partial charge in [0.1, 0.15) is 5.76 Å². The van der Waals surface area contributed by atoms with Gasteiger partial charge in [-0.1, -0.05) is 5.16 Å². The molecule has 5 rings (SSSR count). The van der Waals surface area contributed by atoms with E-state index >= 15 is 0 Å². The molecule has 6 nitrogen and oxygen atoms in total. The van der Waals surface area contributed by atoms with E-state index in [0.29, 0.717) is 23.7 Å². The Morgan fingerprint density at radius 3 is 2.41 bits per heavy atom. The van der Waals surface area contributed by atoms with Crippen LogP contribution >= 0.6 is 0 Å². The van der Waals surface area contributed by atoms with Crippen LogP contribution in [0.25, 0.3) is 0 Å². The van der Waals surface area contributed by atoms with Gasteiger partial charge in [-0.3, -0.25) is 9.69 Å². The maximum Gasteiger partial charge on any atom is 0.273 e. The van der Waals surface area contributed by atoms with Crippen molar-refractivity contribution in [3.8, 4) is 0 Å². The zero-order valence-corrected chi connectivity index (χ0v) is 18.0. The van der Waals surface area contributed by atoms with Gasteiger partial charge in [-0.2, -0.15) is 0 Å². The molecule has 0 radical (unpaired) electrons. The minimum atomic E-state index is -0.0551. The normalized spacial score (nSPS) is 35.2. The first-order valence-electron chi connectivity index (χ1n) is 11.8. The summed E-state index contributed by atoms with van der Waals surface area (Å²) in [4.78, 5) is 17.8. The zero-order valence-electron chi connectivity index (χ0n) is 18.0. The third kappa shape index (κ3) is 4.24. The summed E-state index contributed by atoms with van der Waals surface area (Å²) in [7, 11) is 4.44. The van der Waals surface area contributed by atoms with Crippen LogP contribution < -0.4 is 5.32 Å². The highest BCUT2D eigenvalue weighted by atomic mass is 16.5. The molecule has 6 heteroatoms. The largest absolute Gasteiger partial charge is 0.360 e. The SMILES string of the molecule is CN(C)C1CCC(CN2[C@@H]3CC[C@H]2CC(NC(=O)c2cc(C4CC4)on2)C3)CC1. The molecule has 2 bridgehead atoms. The number of rotatable bonds is 6. The highest BCUT2D eigenvalue weighted by molar-refractivity contribution is 5.92. The first-order valence-corrected chi connectivity index (χ1v) is 11.8. The molecular formula is C23H36N4O2. The number of amides is 1. The van der Waals surface area contributed by atoms with Crippen molar-refractivity contribution < 1.29 is 9.32 Å². The fraction of sp³-hybridized carbons (Fsp3) is 0.826. The van der Waals surface area contributed by atoms with Crippen molar-refractivity contribution in [2.24, 2.45) is 5.92 Å². The Morgan fingerprint density at radius 1 is 1.10 bits per heavy atom. The van der Waals surface area contributed by atoms with E-state index in [9.17, 15) is 4.79 Å². The van der Waals surface area contributed by atoms with E-state index in [4.69, 9.17) is 4.52 Å². The molecule has 29 heavy (non-hydrogen) atoms. The highest BCUT2D eigenvalue weighted by Gasteiger charge is 2.42. The Bertz CT molecular complexity index is 706. The number of hydrogen-bond acceptors (Lipinski definition) is 5. The summed E-state index contributed by atoms with van der Waals surface area (Å²) in [6, 6.07) is 4.19. The predicted octanol–water partition coefficient (Wildman–Crippen LogP) is 3.40. The molecule has 3 heterocycles. The molecule has 160 valence electrons. The quantitative estimate of drug-likeness (QED) is 0.793. The molecule has 1 amide bonds. The van der Waals surface area contributed by atoms with Crippen LogP contribution in [-0.4, -0.2) is 65.7 Å². The molecule has 4 fully saturated rings. The molecule has 1 unspecified atom stereocenters. The monoisotopic (exact) mass is 400 g/mol. The second-order valence-electron chi connectivity index (χ2n) is 10.3. The number of carbonyl (C=O) groups excluding carboxylic acids is 1. The van der Waals surface area contributed by atoms with Crippen LogP contribution in [-0.2, 0) is 0 Å². The number of piperidine rings is 1. The summed E-state index contributed by atoms with van der Waals surface area (Å²) in [6.45, 7) is 1.27. The second-order valence-corrected chi connectivity index (χ2v) is 10.3. The van der Waals surface area contributed by atoms with Crippen LogP contribution in [0.4, 0.5) is 0 Å². The van der Waals surface area contributed by atoms with E-state index in [-0.39, 0.29) is 11.9 Å². The van der Waals surface area contributed by atoms with Gasteiger partial charge in [-0.15, -0.1) is 0 Å². The fourth-order valence-corrected chi connectivity index (χ4v) is 6.05. The molecule has 2 saturated heterocycles. The van der Waals surface area contributed by atoms with Crippen molar-refractivity contribution in [1.29, 1.82) is 0 Å². The first kappa shape index (κ1) is 19.6. The molecule has 0 spiro atoms. The minimum Gasteiger partial charge on any atom is -0.360 e. The van der Waals surface area contributed by atoms with Gasteiger partial charge in [0.15, 0.2) is 5.69 Å². The molecule has 2 aliphatic heterocycles. The average Bonchev–Trinajstić information content (AvgIpc) is 3.39. The number of carbonyl (C=O) groups is 1. The van der Waals surface area contributed by atoms with E-state index in [2.05, 4.69) is 34.4 Å². The highest BCUT2D eigenvalue weighted by Crippen LogP contribution is 2.40. The third-order valence-electron chi connectivity index (χ3n) is 7.98. The maximum atomic E-state index is 12.6. The van der Waals surface area contributed by atoms with Crippen molar-refractivity contribution in [2.45, 2.75) is 94.3 Å². The summed E-state index contributed by atoms with van der Waals surface area (Å²) in [6.07, 6.45) is 12.5. The number of nitrogens with one attached hydrogen (secondary N) is 1. The van der Waals surface area contributed by atoms with Gasteiger partial charge >= 0.3 is 0 Å². The van der Waals surface area contributed by atoms with E-state index in [1.165, 1.54) is 45.1 Å². The summed E-state index contributed by atoms with van der Waals surface area (Å²) in [5.41, 5.74) is 0.458. The van der Waals surface area contributed by atoms with Crippen LogP contribution in [0.5, 0.6) is 0 Å². The number of fused-ring (bicyclic) bond motifs is 2. The van der Waals surface area contributed by atoms with Gasteiger partial charge in [0.2, 0.25) is 0 Å². The topological polar surface area (TPSA) is 61.6 Å². The molecule has 0 aromatic carbocycles. The number of aromatic nitrogens is 1. The smallest absolute Gasteiger partial charge is 0.273 e. The van der Waals surface area contributed by atoms with Gasteiger partial charge in [0.05, 0.1) is 0 Å². The molecule has 2 aliphatic carbocycles. The molecular weight excluding hydrogens is 364 g/mol. The molecule has 1 aromatic rings. The lowest BCUT2D eigenvalue weighted by molar-refractivity contribution is 0.0710. The lowest BCUT2D eigenvalue weighted by Crippen LogP contribution is -2.52. The molecule has 3 atom stereocenters. The molecule has 1 aromatic heterocycles. The van der Waals surface area contributed by atoms with Crippen LogP contribution in [0, 0.1) is 5.92 Å². The first-order chi connectivity index (χ1) is 14.1. The van der Waals surface area contributed by atoms with Crippen molar-refractivity contribution in [1.82, 2.24) is 20.3 Å². The van der Waals surface area contributed by atoms with Crippen LogP contribution in [0.15, 0.2) is 10.6 Å². The lowest BCUT2D eigenvalue weighted by Gasteiger charge is -2.42. The maximum absolute atomic E-state index is 12.6. The van der Waals surface area contributed by atoms with Gasteiger partial charge in [-0.25, -0.2) is 0 Å². The summed E-state index contributed by atoms with van der Waals surface area (Å²) in [5, 5.41) is 7.26. The molecule has 2 saturated carbocycles. The minimum absolute atomic E-state index is 0.0551. The Kier molecular flexibility index (Phi) is 5.41. The summed E-state index contributed by atoms with van der Waals surface area (Å²) >= 11 is 0. The Hall–Kier alpha value is -1.40. The van der Waals surface area contributed by atoms with Crippen LogP contribution in [0.2, 0.25) is 0 Å².